The largest absolute Gasteiger partial charge is 0.493 e. The lowest BCUT2D eigenvalue weighted by molar-refractivity contribution is 0.324. The average molecular weight is 430 g/mol. The summed E-state index contributed by atoms with van der Waals surface area (Å²) in [6, 6.07) is 10.7. The zero-order valence-corrected chi connectivity index (χ0v) is 17.4. The lowest BCUT2D eigenvalue weighted by Gasteiger charge is -2.12. The van der Waals surface area contributed by atoms with Gasteiger partial charge in [0.05, 0.1) is 25.9 Å². The molecule has 4 rings (SSSR count). The maximum atomic E-state index is 12.8. The predicted molar refractivity (Wildman–Crippen MR) is 112 cm³/mol. The van der Waals surface area contributed by atoms with Crippen LogP contribution in [0.4, 0.5) is 0 Å². The minimum Gasteiger partial charge on any atom is -0.493 e. The van der Waals surface area contributed by atoms with Crippen molar-refractivity contribution < 1.29 is 14.2 Å². The third kappa shape index (κ3) is 3.52. The van der Waals surface area contributed by atoms with E-state index in [1.807, 2.05) is 12.1 Å². The minimum atomic E-state index is -0.250. The van der Waals surface area contributed by atoms with Crippen molar-refractivity contribution in [1.82, 2.24) is 14.6 Å². The number of fused-ring (bicyclic) bond motifs is 1. The molecule has 7 nitrogen and oxygen atoms in total. The van der Waals surface area contributed by atoms with Gasteiger partial charge in [-0.05, 0) is 35.9 Å². The molecule has 0 aliphatic carbocycles. The van der Waals surface area contributed by atoms with E-state index in [0.717, 1.165) is 11.1 Å². The van der Waals surface area contributed by atoms with Gasteiger partial charge in [-0.2, -0.15) is 9.50 Å². The Labute approximate surface area is 174 Å². The number of ether oxygens (including phenoxy) is 3. The monoisotopic (exact) mass is 429 g/mol. The van der Waals surface area contributed by atoms with Gasteiger partial charge in [0.15, 0.2) is 17.3 Å². The third-order valence-corrected chi connectivity index (χ3v) is 5.44. The average Bonchev–Trinajstić information content (AvgIpc) is 3.27. The summed E-state index contributed by atoms with van der Waals surface area (Å²) in [5, 5.41) is 4.92. The molecule has 9 heteroatoms. The molecule has 2 aromatic heterocycles. The number of aromatic nitrogens is 3. The molecule has 0 amide bonds. The molecule has 0 saturated carbocycles. The van der Waals surface area contributed by atoms with Gasteiger partial charge in [-0.25, -0.2) is 0 Å². The van der Waals surface area contributed by atoms with Gasteiger partial charge in [0.1, 0.15) is 0 Å². The number of hydrogen-bond donors (Lipinski definition) is 0. The molecule has 29 heavy (non-hydrogen) atoms. The van der Waals surface area contributed by atoms with Gasteiger partial charge < -0.3 is 14.2 Å². The van der Waals surface area contributed by atoms with E-state index in [1.165, 1.54) is 23.0 Å². The summed E-state index contributed by atoms with van der Waals surface area (Å²) in [6.45, 7) is 0. The van der Waals surface area contributed by atoms with Gasteiger partial charge in [0, 0.05) is 10.6 Å². The van der Waals surface area contributed by atoms with Crippen LogP contribution in [-0.4, -0.2) is 35.9 Å². The number of thiazole rings is 1. The lowest BCUT2D eigenvalue weighted by atomic mass is 10.1. The lowest BCUT2D eigenvalue weighted by Crippen LogP contribution is -2.23. The normalized spacial score (nSPS) is 11.8. The first-order valence-electron chi connectivity index (χ1n) is 8.51. The second-order valence-electron chi connectivity index (χ2n) is 6.01. The van der Waals surface area contributed by atoms with Gasteiger partial charge in [0.2, 0.25) is 10.7 Å². The highest BCUT2D eigenvalue weighted by atomic mass is 35.5. The maximum absolute atomic E-state index is 12.8. The Balaban J connectivity index is 1.81. The summed E-state index contributed by atoms with van der Waals surface area (Å²) >= 11 is 7.28. The number of halogens is 1. The first-order chi connectivity index (χ1) is 14.0. The van der Waals surface area contributed by atoms with Gasteiger partial charge in [0.25, 0.3) is 5.56 Å². The van der Waals surface area contributed by atoms with Gasteiger partial charge in [-0.15, -0.1) is 5.10 Å². The number of nitrogens with zero attached hydrogens (tertiary/aromatic N) is 3. The Bertz CT molecular complexity index is 1290. The summed E-state index contributed by atoms with van der Waals surface area (Å²) < 4.78 is 17.8. The molecule has 0 atom stereocenters. The van der Waals surface area contributed by atoms with Gasteiger partial charge in [-0.3, -0.25) is 4.79 Å². The van der Waals surface area contributed by atoms with E-state index in [9.17, 15) is 4.79 Å². The van der Waals surface area contributed by atoms with E-state index < -0.39 is 0 Å². The molecule has 4 aromatic rings. The second kappa shape index (κ2) is 7.73. The fourth-order valence-corrected chi connectivity index (χ4v) is 4.02. The second-order valence-corrected chi connectivity index (χ2v) is 7.46. The molecular formula is C20H16ClN3O4S. The van der Waals surface area contributed by atoms with E-state index in [0.29, 0.717) is 37.6 Å². The molecule has 0 N–H and O–H groups in total. The molecule has 148 valence electrons. The van der Waals surface area contributed by atoms with Crippen LogP contribution in [0.25, 0.3) is 22.4 Å². The number of hydrogen-bond acceptors (Lipinski definition) is 7. The molecule has 0 spiro atoms. The third-order valence-electron chi connectivity index (χ3n) is 4.25. The standard InChI is InChI=1S/C20H16ClN3O4S/c1-26-14-7-11(8-15(27-2)17(14)28-3)9-16-19(25)24-20(29-16)22-18(23-24)12-5-4-6-13(21)10-12/h4-10H,1-3H3. The summed E-state index contributed by atoms with van der Waals surface area (Å²) in [5.74, 6) is 1.96. The Hall–Kier alpha value is -3.10. The number of rotatable bonds is 5. The molecule has 0 unspecified atom stereocenters. The molecule has 0 saturated heterocycles. The molecule has 0 fully saturated rings. The Morgan fingerprint density at radius 1 is 1.07 bits per heavy atom. The van der Waals surface area contributed by atoms with Crippen molar-refractivity contribution in [2.24, 2.45) is 0 Å². The van der Waals surface area contributed by atoms with Crippen molar-refractivity contribution in [3.63, 3.8) is 0 Å². The molecule has 0 aliphatic rings. The quantitative estimate of drug-likeness (QED) is 0.485. The van der Waals surface area contributed by atoms with E-state index in [-0.39, 0.29) is 5.56 Å². The van der Waals surface area contributed by atoms with Crippen molar-refractivity contribution in [3.05, 3.63) is 61.9 Å². The van der Waals surface area contributed by atoms with Crippen molar-refractivity contribution in [3.8, 4) is 28.6 Å². The van der Waals surface area contributed by atoms with Crippen molar-refractivity contribution in [2.75, 3.05) is 21.3 Å². The van der Waals surface area contributed by atoms with Gasteiger partial charge >= 0.3 is 0 Å². The Morgan fingerprint density at radius 3 is 2.38 bits per heavy atom. The van der Waals surface area contributed by atoms with Gasteiger partial charge in [-0.1, -0.05) is 35.1 Å². The van der Waals surface area contributed by atoms with Crippen LogP contribution in [0, 0.1) is 0 Å². The molecule has 2 aromatic carbocycles. The molecular weight excluding hydrogens is 414 g/mol. The highest BCUT2D eigenvalue weighted by Crippen LogP contribution is 2.38. The van der Waals surface area contributed by atoms with E-state index in [1.54, 1.807) is 44.6 Å². The van der Waals surface area contributed by atoms with Crippen molar-refractivity contribution in [2.45, 2.75) is 0 Å². The first kappa shape index (κ1) is 19.2. The summed E-state index contributed by atoms with van der Waals surface area (Å²) in [7, 11) is 4.62. The van der Waals surface area contributed by atoms with Crippen LogP contribution in [0.1, 0.15) is 5.56 Å². The van der Waals surface area contributed by atoms with Crippen LogP contribution in [0.15, 0.2) is 41.2 Å². The highest BCUT2D eigenvalue weighted by molar-refractivity contribution is 7.15. The van der Waals surface area contributed by atoms with Crippen LogP contribution >= 0.6 is 22.9 Å². The number of methoxy groups -OCH3 is 3. The topological polar surface area (TPSA) is 75.0 Å². The molecule has 2 heterocycles. The van der Waals surface area contributed by atoms with E-state index in [4.69, 9.17) is 25.8 Å². The Morgan fingerprint density at radius 2 is 1.79 bits per heavy atom. The fraction of sp³-hybridized carbons (Fsp3) is 0.150. The van der Waals surface area contributed by atoms with Crippen molar-refractivity contribution >= 4 is 34.0 Å². The smallest absolute Gasteiger partial charge is 0.291 e. The predicted octanol–water partition coefficient (Wildman–Crippen LogP) is 3.04. The molecule has 0 bridgehead atoms. The van der Waals surface area contributed by atoms with Crippen molar-refractivity contribution in [1.29, 1.82) is 0 Å². The molecule has 0 radical (unpaired) electrons. The minimum absolute atomic E-state index is 0.250. The zero-order valence-electron chi connectivity index (χ0n) is 15.8. The summed E-state index contributed by atoms with van der Waals surface area (Å²) in [4.78, 5) is 17.8. The SMILES string of the molecule is COc1cc(C=c2sc3nc(-c4cccc(Cl)c4)nn3c2=O)cc(OC)c1OC. The Kier molecular flexibility index (Phi) is 5.12. The summed E-state index contributed by atoms with van der Waals surface area (Å²) in [6.07, 6.45) is 1.74. The van der Waals surface area contributed by atoms with E-state index in [2.05, 4.69) is 10.1 Å². The molecule has 0 aliphatic heterocycles. The zero-order chi connectivity index (χ0) is 20.5. The van der Waals surface area contributed by atoms with Crippen LogP contribution in [0.5, 0.6) is 17.2 Å². The van der Waals surface area contributed by atoms with Crippen LogP contribution in [-0.2, 0) is 0 Å². The van der Waals surface area contributed by atoms with Crippen LogP contribution < -0.4 is 24.3 Å². The summed E-state index contributed by atoms with van der Waals surface area (Å²) in [5.41, 5.74) is 1.23. The number of benzene rings is 2. The van der Waals surface area contributed by atoms with Crippen LogP contribution in [0.3, 0.4) is 0 Å². The van der Waals surface area contributed by atoms with E-state index >= 15 is 0 Å². The maximum Gasteiger partial charge on any atom is 0.291 e. The van der Waals surface area contributed by atoms with Crippen LogP contribution in [0.2, 0.25) is 5.02 Å². The highest BCUT2D eigenvalue weighted by Gasteiger charge is 2.15. The first-order valence-corrected chi connectivity index (χ1v) is 9.70. The fourth-order valence-electron chi connectivity index (χ4n) is 2.92.